The Balaban J connectivity index is 1.69. The summed E-state index contributed by atoms with van der Waals surface area (Å²) in [6, 6.07) is 6.43. The number of ether oxygens (including phenoxy) is 1. The second-order valence-corrected chi connectivity index (χ2v) is 5.80. The van der Waals surface area contributed by atoms with Crippen LogP contribution < -0.4 is 0 Å². The van der Waals surface area contributed by atoms with E-state index in [1.54, 1.807) is 0 Å². The fourth-order valence-corrected chi connectivity index (χ4v) is 3.06. The number of aryl methyl sites for hydroxylation is 2. The summed E-state index contributed by atoms with van der Waals surface area (Å²) >= 11 is 5.44. The molecule has 108 valence electrons. The molecule has 1 aromatic carbocycles. The van der Waals surface area contributed by atoms with Gasteiger partial charge in [-0.15, -0.1) is 0 Å². The van der Waals surface area contributed by atoms with Crippen LogP contribution in [0.5, 0.6) is 0 Å². The number of aromatic amines is 1. The number of benzene rings is 1. The maximum atomic E-state index is 5.44. The minimum atomic E-state index is 0.826. The van der Waals surface area contributed by atoms with E-state index in [-0.39, 0.29) is 0 Å². The quantitative estimate of drug-likeness (QED) is 0.879. The van der Waals surface area contributed by atoms with Gasteiger partial charge in [0.2, 0.25) is 0 Å². The van der Waals surface area contributed by atoms with Crippen LogP contribution in [0.15, 0.2) is 18.2 Å². The molecule has 20 heavy (non-hydrogen) atoms. The van der Waals surface area contributed by atoms with Gasteiger partial charge in [-0.05, 0) is 43.3 Å². The van der Waals surface area contributed by atoms with E-state index in [2.05, 4.69) is 39.6 Å². The van der Waals surface area contributed by atoms with Gasteiger partial charge in [0, 0.05) is 26.2 Å². The van der Waals surface area contributed by atoms with Crippen molar-refractivity contribution in [1.82, 2.24) is 14.5 Å². The van der Waals surface area contributed by atoms with E-state index < -0.39 is 0 Å². The highest BCUT2D eigenvalue weighted by Gasteiger charge is 2.10. The first kappa shape index (κ1) is 13.8. The van der Waals surface area contributed by atoms with E-state index in [1.807, 2.05) is 0 Å². The summed E-state index contributed by atoms with van der Waals surface area (Å²) in [7, 11) is 0. The summed E-state index contributed by atoms with van der Waals surface area (Å²) in [5.41, 5.74) is 3.62. The Bertz CT molecular complexity index is 640. The van der Waals surface area contributed by atoms with Gasteiger partial charge in [-0.2, -0.15) is 0 Å². The monoisotopic (exact) mass is 291 g/mol. The van der Waals surface area contributed by atoms with Crippen LogP contribution >= 0.6 is 12.2 Å². The van der Waals surface area contributed by atoms with Gasteiger partial charge in [-0.3, -0.25) is 4.90 Å². The predicted octanol–water partition coefficient (Wildman–Crippen LogP) is 2.73. The lowest BCUT2D eigenvalue weighted by atomic mass is 10.2. The maximum Gasteiger partial charge on any atom is 0.178 e. The van der Waals surface area contributed by atoms with Crippen LogP contribution in [0.3, 0.4) is 0 Å². The molecule has 0 radical (unpaired) electrons. The van der Waals surface area contributed by atoms with Crippen LogP contribution in [0.1, 0.15) is 12.0 Å². The fraction of sp³-hybridized carbons (Fsp3) is 0.533. The molecule has 0 spiro atoms. The van der Waals surface area contributed by atoms with E-state index in [1.165, 1.54) is 11.1 Å². The molecule has 1 fully saturated rings. The summed E-state index contributed by atoms with van der Waals surface area (Å²) in [6.45, 7) is 8.05. The maximum absolute atomic E-state index is 5.44. The second-order valence-electron chi connectivity index (χ2n) is 5.41. The number of imidazole rings is 1. The standard InChI is InChI=1S/C15H21N3OS/c1-12-3-4-13-14(11-12)18(15(20)16-13)6-2-5-17-7-9-19-10-8-17/h3-4,11H,2,5-10H2,1H3,(H,16,20). The average molecular weight is 291 g/mol. The molecule has 0 unspecified atom stereocenters. The van der Waals surface area contributed by atoms with Crippen molar-refractivity contribution in [3.63, 3.8) is 0 Å². The molecule has 0 atom stereocenters. The Labute approximate surface area is 124 Å². The topological polar surface area (TPSA) is 33.2 Å². The van der Waals surface area contributed by atoms with Gasteiger partial charge in [-0.1, -0.05) is 6.07 Å². The third-order valence-electron chi connectivity index (χ3n) is 3.89. The van der Waals surface area contributed by atoms with Gasteiger partial charge in [0.25, 0.3) is 0 Å². The van der Waals surface area contributed by atoms with Crippen molar-refractivity contribution in [2.24, 2.45) is 0 Å². The molecule has 1 saturated heterocycles. The zero-order valence-corrected chi connectivity index (χ0v) is 12.7. The molecule has 3 rings (SSSR count). The lowest BCUT2D eigenvalue weighted by Gasteiger charge is -2.26. The van der Waals surface area contributed by atoms with Crippen molar-refractivity contribution in [2.45, 2.75) is 19.9 Å². The van der Waals surface area contributed by atoms with E-state index >= 15 is 0 Å². The predicted molar refractivity (Wildman–Crippen MR) is 83.7 cm³/mol. The van der Waals surface area contributed by atoms with Gasteiger partial charge in [-0.25, -0.2) is 0 Å². The first-order chi connectivity index (χ1) is 9.74. The largest absolute Gasteiger partial charge is 0.379 e. The number of nitrogens with zero attached hydrogens (tertiary/aromatic N) is 2. The second kappa shape index (κ2) is 6.08. The normalized spacial score (nSPS) is 16.9. The van der Waals surface area contributed by atoms with Crippen LogP contribution in [0.4, 0.5) is 0 Å². The lowest BCUT2D eigenvalue weighted by Crippen LogP contribution is -2.37. The van der Waals surface area contributed by atoms with Crippen molar-refractivity contribution in [1.29, 1.82) is 0 Å². The molecular formula is C15H21N3OS. The van der Waals surface area contributed by atoms with E-state index in [9.17, 15) is 0 Å². The smallest absolute Gasteiger partial charge is 0.178 e. The van der Waals surface area contributed by atoms with Crippen LogP contribution in [0.2, 0.25) is 0 Å². The molecule has 0 saturated carbocycles. The first-order valence-corrected chi connectivity index (χ1v) is 7.64. The van der Waals surface area contributed by atoms with Gasteiger partial charge < -0.3 is 14.3 Å². The third kappa shape index (κ3) is 2.95. The highest BCUT2D eigenvalue weighted by atomic mass is 32.1. The van der Waals surface area contributed by atoms with Crippen molar-refractivity contribution in [3.8, 4) is 0 Å². The zero-order valence-electron chi connectivity index (χ0n) is 11.9. The van der Waals surface area contributed by atoms with Gasteiger partial charge in [0.15, 0.2) is 4.77 Å². The molecule has 5 heteroatoms. The summed E-state index contributed by atoms with van der Waals surface area (Å²) in [4.78, 5) is 5.75. The van der Waals surface area contributed by atoms with Crippen LogP contribution in [0, 0.1) is 11.7 Å². The molecule has 0 bridgehead atoms. The molecule has 1 N–H and O–H groups in total. The van der Waals surface area contributed by atoms with Crippen molar-refractivity contribution in [3.05, 3.63) is 28.5 Å². The molecule has 2 aromatic rings. The Morgan fingerprint density at radius 2 is 2.05 bits per heavy atom. The summed E-state index contributed by atoms with van der Waals surface area (Å²) in [6.07, 6.45) is 1.12. The van der Waals surface area contributed by atoms with Gasteiger partial charge >= 0.3 is 0 Å². The molecule has 0 amide bonds. The van der Waals surface area contributed by atoms with E-state index in [0.29, 0.717) is 0 Å². The van der Waals surface area contributed by atoms with Crippen LogP contribution in [-0.4, -0.2) is 47.3 Å². The minimum absolute atomic E-state index is 0.826. The van der Waals surface area contributed by atoms with Gasteiger partial charge in [0.1, 0.15) is 0 Å². The summed E-state index contributed by atoms with van der Waals surface area (Å²) in [5, 5.41) is 0. The van der Waals surface area contributed by atoms with Crippen molar-refractivity contribution >= 4 is 23.3 Å². The molecule has 4 nitrogen and oxygen atoms in total. The molecular weight excluding hydrogens is 270 g/mol. The highest BCUT2D eigenvalue weighted by molar-refractivity contribution is 7.71. The number of H-pyrrole nitrogens is 1. The molecule has 1 aliphatic rings. The zero-order chi connectivity index (χ0) is 13.9. The fourth-order valence-electron chi connectivity index (χ4n) is 2.76. The Morgan fingerprint density at radius 1 is 1.25 bits per heavy atom. The number of fused-ring (bicyclic) bond motifs is 1. The molecule has 2 heterocycles. The van der Waals surface area contributed by atoms with E-state index in [0.717, 1.165) is 56.1 Å². The summed E-state index contributed by atoms with van der Waals surface area (Å²) < 4.78 is 8.42. The average Bonchev–Trinajstić information content (AvgIpc) is 2.76. The van der Waals surface area contributed by atoms with Crippen molar-refractivity contribution < 1.29 is 4.74 Å². The third-order valence-corrected chi connectivity index (χ3v) is 4.21. The lowest BCUT2D eigenvalue weighted by molar-refractivity contribution is 0.0369. The van der Waals surface area contributed by atoms with Crippen LogP contribution in [0.25, 0.3) is 11.0 Å². The first-order valence-electron chi connectivity index (χ1n) is 7.23. The van der Waals surface area contributed by atoms with E-state index in [4.69, 9.17) is 17.0 Å². The molecule has 0 aliphatic carbocycles. The highest BCUT2D eigenvalue weighted by Crippen LogP contribution is 2.16. The molecule has 1 aromatic heterocycles. The van der Waals surface area contributed by atoms with Crippen LogP contribution in [-0.2, 0) is 11.3 Å². The number of rotatable bonds is 4. The summed E-state index contributed by atoms with van der Waals surface area (Å²) in [5.74, 6) is 0. The SMILES string of the molecule is Cc1ccc2[nH]c(=S)n(CCCN3CCOCC3)c2c1. The number of aromatic nitrogens is 2. The number of morpholine rings is 1. The minimum Gasteiger partial charge on any atom is -0.379 e. The number of hydrogen-bond donors (Lipinski definition) is 1. The Morgan fingerprint density at radius 3 is 2.85 bits per heavy atom. The number of hydrogen-bond acceptors (Lipinski definition) is 3. The van der Waals surface area contributed by atoms with Crippen molar-refractivity contribution in [2.75, 3.05) is 32.8 Å². The molecule has 1 aliphatic heterocycles. The Hall–Kier alpha value is -1.17. The Kier molecular flexibility index (Phi) is 4.19. The van der Waals surface area contributed by atoms with Gasteiger partial charge in [0.05, 0.1) is 24.2 Å². The number of nitrogens with one attached hydrogen (secondary N) is 1.